The molecule has 0 aromatic carbocycles. The van der Waals surface area contributed by atoms with E-state index < -0.39 is 9.84 Å². The third-order valence-electron chi connectivity index (χ3n) is 6.16. The van der Waals surface area contributed by atoms with Gasteiger partial charge in [0.15, 0.2) is 11.6 Å². The molecule has 2 heterocycles. The van der Waals surface area contributed by atoms with E-state index in [0.717, 1.165) is 30.9 Å². The first-order chi connectivity index (χ1) is 14.7. The van der Waals surface area contributed by atoms with Crippen LogP contribution in [-0.2, 0) is 16.3 Å². The fourth-order valence-corrected chi connectivity index (χ4v) is 6.17. The van der Waals surface area contributed by atoms with Crippen LogP contribution in [0.1, 0.15) is 115 Å². The highest BCUT2D eigenvalue weighted by Gasteiger charge is 2.41. The minimum atomic E-state index is -3.01. The molecule has 1 aliphatic rings. The van der Waals surface area contributed by atoms with Crippen LogP contribution < -0.4 is 5.43 Å². The summed E-state index contributed by atoms with van der Waals surface area (Å²) >= 11 is 6.56. The van der Waals surface area contributed by atoms with Gasteiger partial charge in [-0.15, -0.1) is 21.8 Å². The van der Waals surface area contributed by atoms with Crippen molar-refractivity contribution >= 4 is 21.4 Å². The van der Waals surface area contributed by atoms with Gasteiger partial charge < -0.3 is 5.43 Å². The number of sulfone groups is 1. The molecule has 1 aliphatic heterocycles. The number of nitrogens with zero attached hydrogens (tertiary/aromatic N) is 3. The zero-order valence-electron chi connectivity index (χ0n) is 20.0. The summed E-state index contributed by atoms with van der Waals surface area (Å²) in [6.07, 6.45) is 13.3. The van der Waals surface area contributed by atoms with Gasteiger partial charge in [0.2, 0.25) is 0 Å². The van der Waals surface area contributed by atoms with E-state index in [9.17, 15) is 8.42 Å². The largest absolute Gasteiger partial charge is 0.317 e. The van der Waals surface area contributed by atoms with Crippen LogP contribution in [0.2, 0.25) is 0 Å². The monoisotopic (exact) mass is 474 g/mol. The van der Waals surface area contributed by atoms with Crippen molar-refractivity contribution in [2.75, 3.05) is 16.9 Å². The maximum Gasteiger partial charge on any atom is 0.172 e. The van der Waals surface area contributed by atoms with E-state index in [0.29, 0.717) is 18.6 Å². The number of rotatable bonds is 15. The predicted octanol–water partition coefficient (Wildman–Crippen LogP) is 5.80. The van der Waals surface area contributed by atoms with Crippen molar-refractivity contribution < 1.29 is 8.42 Å². The molecular weight excluding hydrogens is 432 g/mol. The number of hydrogen-bond acceptors (Lipinski definition) is 5. The number of unbranched alkanes of at least 4 members (excludes halogenated alkanes) is 9. The molecule has 0 saturated heterocycles. The van der Waals surface area contributed by atoms with Crippen molar-refractivity contribution in [3.05, 3.63) is 11.6 Å². The van der Waals surface area contributed by atoms with Crippen molar-refractivity contribution in [1.29, 1.82) is 0 Å². The van der Waals surface area contributed by atoms with Crippen LogP contribution in [0.3, 0.4) is 0 Å². The van der Waals surface area contributed by atoms with Gasteiger partial charge in [-0.25, -0.2) is 13.1 Å². The quantitative estimate of drug-likeness (QED) is 0.257. The van der Waals surface area contributed by atoms with Crippen molar-refractivity contribution in [3.8, 4) is 0 Å². The molecule has 0 spiro atoms. The van der Waals surface area contributed by atoms with E-state index >= 15 is 0 Å². The lowest BCUT2D eigenvalue weighted by molar-refractivity contribution is 0.333. The van der Waals surface area contributed by atoms with Crippen LogP contribution in [0.15, 0.2) is 0 Å². The third kappa shape index (κ3) is 8.56. The zero-order valence-corrected chi connectivity index (χ0v) is 21.6. The molecule has 0 radical (unpaired) electrons. The molecule has 6 nitrogen and oxygen atoms in total. The summed E-state index contributed by atoms with van der Waals surface area (Å²) in [7, 11) is -3.01. The van der Waals surface area contributed by atoms with Crippen LogP contribution >= 0.6 is 11.6 Å². The van der Waals surface area contributed by atoms with E-state index in [1.54, 1.807) is 0 Å². The Morgan fingerprint density at radius 1 is 0.903 bits per heavy atom. The molecule has 1 aromatic rings. The van der Waals surface area contributed by atoms with Gasteiger partial charge in [0.25, 0.3) is 0 Å². The molecule has 0 bridgehead atoms. The minimum absolute atomic E-state index is 0.0111. The lowest BCUT2D eigenvalue weighted by atomic mass is 9.85. The van der Waals surface area contributed by atoms with Crippen molar-refractivity contribution in [1.82, 2.24) is 14.9 Å². The summed E-state index contributed by atoms with van der Waals surface area (Å²) < 4.78 is 26.6. The standard InChI is InChI=1S/C23H43ClN4O2S/c1-5-6-7-8-9-10-11-12-13-14-17-31(29,30)18-15-16-19-25-26-22-20(24)21(23(2,3)4)27-28(19)22/h20-21,27H,5-18H2,1-4H3. The summed E-state index contributed by atoms with van der Waals surface area (Å²) in [4.78, 5) is 0. The van der Waals surface area contributed by atoms with Crippen LogP contribution in [-0.4, -0.2) is 40.8 Å². The summed E-state index contributed by atoms with van der Waals surface area (Å²) in [5.74, 6) is 2.00. The first-order valence-corrected chi connectivity index (χ1v) is 14.5. The molecule has 2 unspecified atom stereocenters. The lowest BCUT2D eigenvalue weighted by Gasteiger charge is -2.29. The second-order valence-electron chi connectivity index (χ2n) is 10.1. The molecule has 2 atom stereocenters. The predicted molar refractivity (Wildman–Crippen MR) is 130 cm³/mol. The number of aryl methyl sites for hydroxylation is 1. The van der Waals surface area contributed by atoms with Crippen LogP contribution in [0.5, 0.6) is 0 Å². The van der Waals surface area contributed by atoms with Gasteiger partial charge in [0.1, 0.15) is 15.2 Å². The maximum atomic E-state index is 12.4. The van der Waals surface area contributed by atoms with Gasteiger partial charge in [0, 0.05) is 6.42 Å². The first kappa shape index (κ1) is 26.4. The summed E-state index contributed by atoms with van der Waals surface area (Å²) in [6, 6.07) is 0.0680. The first-order valence-electron chi connectivity index (χ1n) is 12.2. The Kier molecular flexibility index (Phi) is 10.6. The average molecular weight is 475 g/mol. The minimum Gasteiger partial charge on any atom is -0.317 e. The normalized spacial score (nSPS) is 18.9. The Morgan fingerprint density at radius 3 is 2.03 bits per heavy atom. The summed E-state index contributed by atoms with van der Waals surface area (Å²) in [5, 5.41) is 8.22. The van der Waals surface area contributed by atoms with E-state index in [2.05, 4.69) is 43.3 Å². The molecule has 2 rings (SSSR count). The molecule has 1 N–H and O–H groups in total. The van der Waals surface area contributed by atoms with E-state index in [1.807, 2.05) is 4.68 Å². The highest BCUT2D eigenvalue weighted by Crippen LogP contribution is 2.38. The molecule has 180 valence electrons. The molecule has 0 fully saturated rings. The number of hydrogen-bond donors (Lipinski definition) is 1. The van der Waals surface area contributed by atoms with Crippen molar-refractivity contribution in [2.24, 2.45) is 5.41 Å². The Morgan fingerprint density at radius 2 is 1.45 bits per heavy atom. The SMILES string of the molecule is CCCCCCCCCCCCS(=O)(=O)CCCc1nnc2n1NC(C(C)(C)C)C2Cl. The van der Waals surface area contributed by atoms with Gasteiger partial charge >= 0.3 is 0 Å². The molecule has 0 saturated carbocycles. The van der Waals surface area contributed by atoms with E-state index in [1.165, 1.54) is 44.9 Å². The second kappa shape index (κ2) is 12.4. The molecule has 0 aliphatic carbocycles. The molecule has 8 heteroatoms. The van der Waals surface area contributed by atoms with Crippen molar-refractivity contribution in [2.45, 2.75) is 116 Å². The fourth-order valence-electron chi connectivity index (χ4n) is 4.16. The molecule has 0 amide bonds. The van der Waals surface area contributed by atoms with Crippen molar-refractivity contribution in [3.63, 3.8) is 0 Å². The highest BCUT2D eigenvalue weighted by molar-refractivity contribution is 7.91. The Bertz CT molecular complexity index is 758. The highest BCUT2D eigenvalue weighted by atomic mass is 35.5. The van der Waals surface area contributed by atoms with E-state index in [4.69, 9.17) is 11.6 Å². The van der Waals surface area contributed by atoms with Crippen LogP contribution in [0, 0.1) is 5.41 Å². The average Bonchev–Trinajstić information content (AvgIpc) is 3.23. The number of fused-ring (bicyclic) bond motifs is 1. The fraction of sp³-hybridized carbons (Fsp3) is 0.913. The van der Waals surface area contributed by atoms with Gasteiger partial charge in [-0.3, -0.25) is 0 Å². The molecule has 1 aromatic heterocycles. The lowest BCUT2D eigenvalue weighted by Crippen LogP contribution is -2.36. The number of alkyl halides is 1. The van der Waals surface area contributed by atoms with Gasteiger partial charge in [-0.1, -0.05) is 85.5 Å². The third-order valence-corrected chi connectivity index (χ3v) is 8.43. The number of nitrogens with one attached hydrogen (secondary N) is 1. The van der Waals surface area contributed by atoms with Gasteiger partial charge in [0.05, 0.1) is 17.5 Å². The topological polar surface area (TPSA) is 76.9 Å². The molecule has 31 heavy (non-hydrogen) atoms. The Hall–Kier alpha value is -0.820. The Balaban J connectivity index is 1.62. The van der Waals surface area contributed by atoms with Gasteiger partial charge in [-0.2, -0.15) is 0 Å². The number of halogens is 1. The maximum absolute atomic E-state index is 12.4. The van der Waals surface area contributed by atoms with E-state index in [-0.39, 0.29) is 22.6 Å². The molecular formula is C23H43ClN4O2S. The smallest absolute Gasteiger partial charge is 0.172 e. The summed E-state index contributed by atoms with van der Waals surface area (Å²) in [5.41, 5.74) is 3.39. The second-order valence-corrected chi connectivity index (χ2v) is 12.9. The Labute approximate surface area is 194 Å². The van der Waals surface area contributed by atoms with Gasteiger partial charge in [-0.05, 0) is 18.3 Å². The summed E-state index contributed by atoms with van der Waals surface area (Å²) in [6.45, 7) is 8.66. The van der Waals surface area contributed by atoms with Crippen LogP contribution in [0.4, 0.5) is 0 Å². The number of aromatic nitrogens is 3. The van der Waals surface area contributed by atoms with Crippen LogP contribution in [0.25, 0.3) is 0 Å². The zero-order chi connectivity index (χ0) is 22.9.